The summed E-state index contributed by atoms with van der Waals surface area (Å²) >= 11 is 0. The van der Waals surface area contributed by atoms with Crippen LogP contribution in [0.25, 0.3) is 0 Å². The van der Waals surface area contributed by atoms with Gasteiger partial charge in [-0.1, -0.05) is 57.0 Å². The Morgan fingerprint density at radius 3 is 2.35 bits per heavy atom. The standard InChI is InChI=1S/C19H30O3.ClH/c1-5-7-9-14-17(6-2)22-18(20)19(3,15-21-4)16-12-10-8-11-13-16;/h8,10-13,17H,5-7,9,14-15H2,1-4H3;1H. The van der Waals surface area contributed by atoms with Crippen LogP contribution in [0, 0.1) is 0 Å². The fourth-order valence-electron chi connectivity index (χ4n) is 2.60. The number of halogens is 1. The Hall–Kier alpha value is -1.06. The normalized spacial score (nSPS) is 14.4. The molecule has 132 valence electrons. The highest BCUT2D eigenvalue weighted by molar-refractivity contribution is 5.85. The van der Waals surface area contributed by atoms with Gasteiger partial charge in [-0.15, -0.1) is 12.4 Å². The molecule has 0 saturated carbocycles. The summed E-state index contributed by atoms with van der Waals surface area (Å²) < 4.78 is 11.1. The second-order valence-corrected chi connectivity index (χ2v) is 6.06. The Morgan fingerprint density at radius 2 is 1.83 bits per heavy atom. The van der Waals surface area contributed by atoms with Gasteiger partial charge in [0.05, 0.1) is 6.61 Å². The number of hydrogen-bond acceptors (Lipinski definition) is 3. The minimum atomic E-state index is -0.756. The van der Waals surface area contributed by atoms with Crippen LogP contribution in [0.2, 0.25) is 0 Å². The maximum absolute atomic E-state index is 12.8. The largest absolute Gasteiger partial charge is 0.462 e. The van der Waals surface area contributed by atoms with Crippen LogP contribution in [0.1, 0.15) is 58.4 Å². The predicted molar refractivity (Wildman–Crippen MR) is 97.2 cm³/mol. The summed E-state index contributed by atoms with van der Waals surface area (Å²) in [7, 11) is 1.62. The van der Waals surface area contributed by atoms with E-state index in [1.807, 2.05) is 37.3 Å². The molecule has 1 aromatic carbocycles. The molecule has 2 unspecified atom stereocenters. The second-order valence-electron chi connectivity index (χ2n) is 6.06. The fourth-order valence-corrected chi connectivity index (χ4v) is 2.60. The summed E-state index contributed by atoms with van der Waals surface area (Å²) in [6.07, 6.45) is 5.26. The van der Waals surface area contributed by atoms with Gasteiger partial charge in [-0.25, -0.2) is 0 Å². The predicted octanol–water partition coefficient (Wildman–Crippen LogP) is 4.91. The van der Waals surface area contributed by atoms with Gasteiger partial charge >= 0.3 is 5.97 Å². The number of benzene rings is 1. The molecule has 4 heteroatoms. The van der Waals surface area contributed by atoms with E-state index >= 15 is 0 Å². The van der Waals surface area contributed by atoms with Gasteiger partial charge in [0.15, 0.2) is 0 Å². The number of rotatable bonds is 10. The maximum Gasteiger partial charge on any atom is 0.318 e. The first-order valence-electron chi connectivity index (χ1n) is 8.34. The van der Waals surface area contributed by atoms with Gasteiger partial charge in [0.1, 0.15) is 11.5 Å². The lowest BCUT2D eigenvalue weighted by Crippen LogP contribution is -2.40. The highest BCUT2D eigenvalue weighted by Gasteiger charge is 2.38. The molecule has 1 rings (SSSR count). The summed E-state index contributed by atoms with van der Waals surface area (Å²) in [6.45, 7) is 6.46. The van der Waals surface area contributed by atoms with Crippen molar-refractivity contribution >= 4 is 18.4 Å². The van der Waals surface area contributed by atoms with Gasteiger partial charge < -0.3 is 9.47 Å². The van der Waals surface area contributed by atoms with Crippen molar-refractivity contribution in [1.29, 1.82) is 0 Å². The van der Waals surface area contributed by atoms with Crippen molar-refractivity contribution in [2.75, 3.05) is 13.7 Å². The third kappa shape index (κ3) is 6.52. The van der Waals surface area contributed by atoms with Gasteiger partial charge in [-0.2, -0.15) is 0 Å². The highest BCUT2D eigenvalue weighted by Crippen LogP contribution is 2.27. The number of esters is 1. The van der Waals surface area contributed by atoms with Gasteiger partial charge in [-0.3, -0.25) is 4.79 Å². The van der Waals surface area contributed by atoms with E-state index in [0.29, 0.717) is 6.61 Å². The lowest BCUT2D eigenvalue weighted by molar-refractivity contribution is -0.158. The summed E-state index contributed by atoms with van der Waals surface area (Å²) in [6, 6.07) is 9.74. The minimum absolute atomic E-state index is 0. The van der Waals surface area contributed by atoms with Gasteiger partial charge in [0, 0.05) is 7.11 Å². The van der Waals surface area contributed by atoms with Crippen LogP contribution in [-0.2, 0) is 19.7 Å². The van der Waals surface area contributed by atoms with E-state index in [4.69, 9.17) is 9.47 Å². The molecule has 0 fully saturated rings. The van der Waals surface area contributed by atoms with Crippen LogP contribution in [-0.4, -0.2) is 25.8 Å². The molecule has 0 spiro atoms. The van der Waals surface area contributed by atoms with E-state index in [1.165, 1.54) is 12.8 Å². The highest BCUT2D eigenvalue weighted by atomic mass is 35.5. The van der Waals surface area contributed by atoms with Crippen LogP contribution in [0.15, 0.2) is 30.3 Å². The molecule has 0 aliphatic carbocycles. The number of unbranched alkanes of at least 4 members (excludes halogenated alkanes) is 2. The summed E-state index contributed by atoms with van der Waals surface area (Å²) in [5.74, 6) is -0.191. The molecule has 0 radical (unpaired) electrons. The lowest BCUT2D eigenvalue weighted by Gasteiger charge is -2.29. The Kier molecular flexibility index (Phi) is 10.9. The average Bonchev–Trinajstić information content (AvgIpc) is 2.54. The molecular formula is C19H31ClO3. The van der Waals surface area contributed by atoms with Crippen LogP contribution in [0.4, 0.5) is 0 Å². The number of carbonyl (C=O) groups excluding carboxylic acids is 1. The average molecular weight is 343 g/mol. The van der Waals surface area contributed by atoms with Crippen molar-refractivity contribution in [3.8, 4) is 0 Å². The monoisotopic (exact) mass is 342 g/mol. The van der Waals surface area contributed by atoms with E-state index < -0.39 is 5.41 Å². The van der Waals surface area contributed by atoms with Crippen molar-refractivity contribution in [2.24, 2.45) is 0 Å². The molecule has 23 heavy (non-hydrogen) atoms. The molecule has 0 saturated heterocycles. The molecular weight excluding hydrogens is 312 g/mol. The summed E-state index contributed by atoms with van der Waals surface area (Å²) in [5.41, 5.74) is 0.180. The minimum Gasteiger partial charge on any atom is -0.462 e. The molecule has 0 aromatic heterocycles. The topological polar surface area (TPSA) is 35.5 Å². The zero-order valence-electron chi connectivity index (χ0n) is 14.8. The Labute approximate surface area is 147 Å². The van der Waals surface area contributed by atoms with Gasteiger partial charge in [-0.05, 0) is 31.7 Å². The van der Waals surface area contributed by atoms with Crippen molar-refractivity contribution in [3.63, 3.8) is 0 Å². The zero-order valence-corrected chi connectivity index (χ0v) is 15.7. The first-order chi connectivity index (χ1) is 10.6. The van der Waals surface area contributed by atoms with E-state index in [2.05, 4.69) is 13.8 Å². The van der Waals surface area contributed by atoms with Crippen LogP contribution in [0.5, 0.6) is 0 Å². The third-order valence-electron chi connectivity index (χ3n) is 4.15. The summed E-state index contributed by atoms with van der Waals surface area (Å²) in [5, 5.41) is 0. The molecule has 0 heterocycles. The van der Waals surface area contributed by atoms with Crippen molar-refractivity contribution in [2.45, 2.75) is 64.4 Å². The first kappa shape index (κ1) is 21.9. The molecule has 1 aromatic rings. The Balaban J connectivity index is 0.00000484. The lowest BCUT2D eigenvalue weighted by atomic mass is 9.83. The molecule has 2 atom stereocenters. The number of hydrogen-bond donors (Lipinski definition) is 0. The van der Waals surface area contributed by atoms with E-state index in [-0.39, 0.29) is 24.5 Å². The number of carbonyl (C=O) groups is 1. The molecule has 0 aliphatic heterocycles. The van der Waals surface area contributed by atoms with Crippen molar-refractivity contribution < 1.29 is 14.3 Å². The van der Waals surface area contributed by atoms with E-state index in [9.17, 15) is 4.79 Å². The maximum atomic E-state index is 12.8. The van der Waals surface area contributed by atoms with Crippen LogP contribution < -0.4 is 0 Å². The second kappa shape index (κ2) is 11.5. The van der Waals surface area contributed by atoms with Gasteiger partial charge in [0.25, 0.3) is 0 Å². The smallest absolute Gasteiger partial charge is 0.318 e. The van der Waals surface area contributed by atoms with E-state index in [0.717, 1.165) is 24.8 Å². The first-order valence-corrected chi connectivity index (χ1v) is 8.34. The number of methoxy groups -OCH3 is 1. The quantitative estimate of drug-likeness (QED) is 0.447. The molecule has 0 N–H and O–H groups in total. The van der Waals surface area contributed by atoms with Crippen LogP contribution >= 0.6 is 12.4 Å². The van der Waals surface area contributed by atoms with Crippen LogP contribution in [0.3, 0.4) is 0 Å². The number of ether oxygens (including phenoxy) is 2. The van der Waals surface area contributed by atoms with Crippen molar-refractivity contribution in [1.82, 2.24) is 0 Å². The zero-order chi connectivity index (χ0) is 16.4. The molecule has 0 aliphatic rings. The molecule has 0 amide bonds. The summed E-state index contributed by atoms with van der Waals surface area (Å²) in [4.78, 5) is 12.8. The molecule has 0 bridgehead atoms. The van der Waals surface area contributed by atoms with E-state index in [1.54, 1.807) is 7.11 Å². The Morgan fingerprint density at radius 1 is 1.17 bits per heavy atom. The third-order valence-corrected chi connectivity index (χ3v) is 4.15. The fraction of sp³-hybridized carbons (Fsp3) is 0.632. The SMILES string of the molecule is CCCCCC(CC)OC(=O)C(C)(COC)c1ccccc1.Cl. The van der Waals surface area contributed by atoms with Gasteiger partial charge in [0.2, 0.25) is 0 Å². The van der Waals surface area contributed by atoms with Crippen molar-refractivity contribution in [3.05, 3.63) is 35.9 Å². The Bertz CT molecular complexity index is 436. The molecule has 3 nitrogen and oxygen atoms in total.